The van der Waals surface area contributed by atoms with E-state index in [1.165, 1.54) is 18.3 Å². The van der Waals surface area contributed by atoms with Crippen LogP contribution in [0.25, 0.3) is 10.2 Å². The molecule has 0 saturated carbocycles. The number of pyridine rings is 1. The van der Waals surface area contributed by atoms with E-state index < -0.39 is 12.1 Å². The Bertz CT molecular complexity index is 938. The quantitative estimate of drug-likeness (QED) is 0.693. The first kappa shape index (κ1) is 17.2. The van der Waals surface area contributed by atoms with Crippen LogP contribution >= 0.6 is 11.3 Å². The molecule has 0 bridgehead atoms. The van der Waals surface area contributed by atoms with Crippen molar-refractivity contribution in [3.8, 4) is 5.75 Å². The van der Waals surface area contributed by atoms with Crippen LogP contribution in [0.15, 0.2) is 24.5 Å². The predicted octanol–water partition coefficient (Wildman–Crippen LogP) is 3.71. The summed E-state index contributed by atoms with van der Waals surface area (Å²) in [7, 11) is 1.80. The van der Waals surface area contributed by atoms with Crippen molar-refractivity contribution in [2.45, 2.75) is 26.9 Å². The number of esters is 1. The van der Waals surface area contributed by atoms with Gasteiger partial charge in [-0.25, -0.2) is 4.98 Å². The lowest BCUT2D eigenvalue weighted by Gasteiger charge is -2.21. The summed E-state index contributed by atoms with van der Waals surface area (Å²) in [6.07, 6.45) is 2.62. The van der Waals surface area contributed by atoms with Gasteiger partial charge in [-0.05, 0) is 19.9 Å². The van der Waals surface area contributed by atoms with Gasteiger partial charge in [0.25, 0.3) is 0 Å². The van der Waals surface area contributed by atoms with Crippen LogP contribution in [0.1, 0.15) is 35.3 Å². The number of fused-ring (bicyclic) bond motifs is 1. The van der Waals surface area contributed by atoms with Gasteiger partial charge in [0.15, 0.2) is 11.2 Å². The molecule has 1 atom stereocenters. The van der Waals surface area contributed by atoms with Crippen molar-refractivity contribution in [2.75, 3.05) is 12.4 Å². The van der Waals surface area contributed by atoms with E-state index in [1.54, 1.807) is 25.5 Å². The molecule has 0 saturated heterocycles. The van der Waals surface area contributed by atoms with Crippen molar-refractivity contribution < 1.29 is 14.6 Å². The molecule has 0 radical (unpaired) electrons. The molecule has 0 spiro atoms. The number of aromatic nitrogens is 2. The summed E-state index contributed by atoms with van der Waals surface area (Å²) in [5.41, 5.74) is 3.54. The molecule has 6 nitrogen and oxygen atoms in total. The highest BCUT2D eigenvalue weighted by molar-refractivity contribution is 7.22. The molecule has 25 heavy (non-hydrogen) atoms. The number of benzene rings is 1. The van der Waals surface area contributed by atoms with E-state index in [4.69, 9.17) is 4.74 Å². The minimum atomic E-state index is -0.688. The summed E-state index contributed by atoms with van der Waals surface area (Å²) < 4.78 is 6.47. The predicted molar refractivity (Wildman–Crippen MR) is 98.2 cm³/mol. The number of aromatic hydroxyl groups is 1. The number of rotatable bonds is 4. The highest BCUT2D eigenvalue weighted by atomic mass is 32.1. The lowest BCUT2D eigenvalue weighted by atomic mass is 9.94. The zero-order chi connectivity index (χ0) is 18.1. The van der Waals surface area contributed by atoms with Gasteiger partial charge in [-0.3, -0.25) is 9.78 Å². The summed E-state index contributed by atoms with van der Waals surface area (Å²) in [6.45, 7) is 5.03. The van der Waals surface area contributed by atoms with Crippen molar-refractivity contribution in [1.29, 1.82) is 0 Å². The van der Waals surface area contributed by atoms with E-state index >= 15 is 0 Å². The molecule has 0 aliphatic rings. The van der Waals surface area contributed by atoms with E-state index in [2.05, 4.69) is 15.3 Å². The third-order valence-corrected chi connectivity index (χ3v) is 5.28. The van der Waals surface area contributed by atoms with E-state index in [9.17, 15) is 9.90 Å². The van der Waals surface area contributed by atoms with Gasteiger partial charge in [-0.15, -0.1) is 0 Å². The average Bonchev–Trinajstić information content (AvgIpc) is 3.04. The number of phenolic OH excluding ortho intramolecular Hbond substituents is 1. The van der Waals surface area contributed by atoms with Gasteiger partial charge >= 0.3 is 5.97 Å². The van der Waals surface area contributed by atoms with Gasteiger partial charge in [-0.1, -0.05) is 17.4 Å². The lowest BCUT2D eigenvalue weighted by molar-refractivity contribution is -0.144. The molecule has 2 aromatic heterocycles. The third-order valence-electron chi connectivity index (χ3n) is 4.08. The number of aryl methyl sites for hydroxylation is 1. The SMILES string of the molecule is CNc1nc2c(C(OC(C)=O)c3cccnc3)c(C)c(O)c(C)c2s1. The Labute approximate surface area is 149 Å². The number of hydrogen-bond acceptors (Lipinski definition) is 7. The summed E-state index contributed by atoms with van der Waals surface area (Å²) in [4.78, 5) is 20.5. The highest BCUT2D eigenvalue weighted by Gasteiger charge is 2.27. The Morgan fingerprint density at radius 2 is 2.12 bits per heavy atom. The van der Waals surface area contributed by atoms with Crippen molar-refractivity contribution in [3.05, 3.63) is 46.8 Å². The average molecular weight is 357 g/mol. The molecular weight excluding hydrogens is 338 g/mol. The van der Waals surface area contributed by atoms with Crippen LogP contribution in [0.2, 0.25) is 0 Å². The fourth-order valence-corrected chi connectivity index (χ4v) is 3.80. The topological polar surface area (TPSA) is 84.3 Å². The van der Waals surface area contributed by atoms with Crippen LogP contribution < -0.4 is 5.32 Å². The Morgan fingerprint density at radius 3 is 2.72 bits per heavy atom. The number of anilines is 1. The first-order valence-corrected chi connectivity index (χ1v) is 8.63. The number of thiazole rings is 1. The maximum absolute atomic E-state index is 11.7. The number of hydrogen-bond donors (Lipinski definition) is 2. The molecular formula is C18H19N3O3S. The van der Waals surface area contributed by atoms with E-state index in [0.29, 0.717) is 11.1 Å². The van der Waals surface area contributed by atoms with Crippen molar-refractivity contribution in [2.24, 2.45) is 0 Å². The minimum absolute atomic E-state index is 0.190. The lowest BCUT2D eigenvalue weighted by Crippen LogP contribution is -2.13. The molecule has 0 aliphatic carbocycles. The van der Waals surface area contributed by atoms with Crippen molar-refractivity contribution in [3.63, 3.8) is 0 Å². The second-order valence-corrected chi connectivity index (χ2v) is 6.73. The molecule has 0 aliphatic heterocycles. The second kappa shape index (κ2) is 6.68. The smallest absolute Gasteiger partial charge is 0.303 e. The summed E-state index contributed by atoms with van der Waals surface area (Å²) in [5, 5.41) is 14.4. The molecule has 7 heteroatoms. The van der Waals surface area contributed by atoms with Crippen molar-refractivity contribution in [1.82, 2.24) is 9.97 Å². The van der Waals surface area contributed by atoms with Crippen LogP contribution in [0, 0.1) is 13.8 Å². The number of ether oxygens (including phenoxy) is 1. The normalized spacial score (nSPS) is 12.2. The van der Waals surface area contributed by atoms with Crippen molar-refractivity contribution >= 4 is 32.7 Å². The number of phenols is 1. The Morgan fingerprint density at radius 1 is 1.36 bits per heavy atom. The van der Waals surface area contributed by atoms with E-state index in [1.807, 2.05) is 19.9 Å². The summed E-state index contributed by atoms with van der Waals surface area (Å²) in [6, 6.07) is 3.63. The standard InChI is InChI=1S/C18H19N3O3S/c1-9-13(16(24-11(3)22)12-6-5-7-20-8-12)14-17(10(2)15(9)23)25-18(19-4)21-14/h5-8,16,23H,1-4H3,(H,19,21). The molecule has 130 valence electrons. The molecule has 3 aromatic rings. The maximum atomic E-state index is 11.7. The van der Waals surface area contributed by atoms with Gasteiger partial charge in [-0.2, -0.15) is 0 Å². The molecule has 0 amide bonds. The largest absolute Gasteiger partial charge is 0.507 e. The van der Waals surface area contributed by atoms with E-state index in [-0.39, 0.29) is 5.75 Å². The Hall–Kier alpha value is -2.67. The van der Waals surface area contributed by atoms with Gasteiger partial charge in [0.2, 0.25) is 0 Å². The third kappa shape index (κ3) is 3.02. The number of carbonyl (C=O) groups is 1. The zero-order valence-corrected chi connectivity index (χ0v) is 15.3. The monoisotopic (exact) mass is 357 g/mol. The molecule has 2 heterocycles. The number of carbonyl (C=O) groups excluding carboxylic acids is 1. The molecule has 3 rings (SSSR count). The van der Waals surface area contributed by atoms with Crippen LogP contribution in [0.4, 0.5) is 5.13 Å². The molecule has 1 aromatic carbocycles. The maximum Gasteiger partial charge on any atom is 0.303 e. The van der Waals surface area contributed by atoms with Crippen LogP contribution in [-0.4, -0.2) is 28.1 Å². The number of nitrogens with one attached hydrogen (secondary N) is 1. The minimum Gasteiger partial charge on any atom is -0.507 e. The summed E-state index contributed by atoms with van der Waals surface area (Å²) >= 11 is 1.45. The molecule has 2 N–H and O–H groups in total. The van der Waals surface area contributed by atoms with Crippen LogP contribution in [0.5, 0.6) is 5.75 Å². The first-order chi connectivity index (χ1) is 11.9. The Kier molecular flexibility index (Phi) is 4.59. The van der Waals surface area contributed by atoms with Gasteiger partial charge in [0, 0.05) is 48.6 Å². The first-order valence-electron chi connectivity index (χ1n) is 7.81. The number of nitrogens with zero attached hydrogens (tertiary/aromatic N) is 2. The van der Waals surface area contributed by atoms with E-state index in [0.717, 1.165) is 26.5 Å². The van der Waals surface area contributed by atoms with Gasteiger partial charge in [0.05, 0.1) is 10.2 Å². The zero-order valence-electron chi connectivity index (χ0n) is 14.5. The van der Waals surface area contributed by atoms with Crippen LogP contribution in [0.3, 0.4) is 0 Å². The second-order valence-electron chi connectivity index (χ2n) is 5.73. The van der Waals surface area contributed by atoms with Gasteiger partial charge < -0.3 is 15.2 Å². The fraction of sp³-hybridized carbons (Fsp3) is 0.278. The molecule has 1 unspecified atom stereocenters. The molecule has 0 fully saturated rings. The summed E-state index contributed by atoms with van der Waals surface area (Å²) in [5.74, 6) is -0.222. The highest BCUT2D eigenvalue weighted by Crippen LogP contribution is 2.43. The van der Waals surface area contributed by atoms with Gasteiger partial charge in [0.1, 0.15) is 5.75 Å². The Balaban J connectivity index is 2.33. The van der Waals surface area contributed by atoms with Crippen LogP contribution in [-0.2, 0) is 9.53 Å². The fourth-order valence-electron chi connectivity index (χ4n) is 2.87.